The number of aryl methyl sites for hydroxylation is 2. The van der Waals surface area contributed by atoms with Crippen LogP contribution in [-0.2, 0) is 25.0 Å². The minimum absolute atomic E-state index is 0.508. The Hall–Kier alpha value is -2.04. The summed E-state index contributed by atoms with van der Waals surface area (Å²) in [5.41, 5.74) is 8.62. The highest BCUT2D eigenvalue weighted by molar-refractivity contribution is 7.98. The van der Waals surface area contributed by atoms with Crippen molar-refractivity contribution in [1.29, 1.82) is 0 Å². The third-order valence-corrected chi connectivity index (χ3v) is 7.79. The summed E-state index contributed by atoms with van der Waals surface area (Å²) >= 11 is 4.81. The van der Waals surface area contributed by atoms with Gasteiger partial charge < -0.3 is 10.2 Å². The van der Waals surface area contributed by atoms with E-state index in [2.05, 4.69) is 27.1 Å². The lowest BCUT2D eigenvalue weighted by molar-refractivity contribution is 0.419. The molecule has 0 saturated carbocycles. The number of rotatable bonds is 5. The maximum Gasteiger partial charge on any atom is 0.277 e. The molecule has 5 rings (SSSR count). The Morgan fingerprint density at radius 3 is 3.00 bits per heavy atom. The molecule has 1 aliphatic rings. The molecule has 4 heterocycles. The van der Waals surface area contributed by atoms with Gasteiger partial charge in [-0.15, -0.1) is 32.9 Å². The van der Waals surface area contributed by atoms with E-state index in [9.17, 15) is 0 Å². The summed E-state index contributed by atoms with van der Waals surface area (Å²) in [7, 11) is 0. The van der Waals surface area contributed by atoms with E-state index in [0.717, 1.165) is 39.7 Å². The second-order valence-electron chi connectivity index (χ2n) is 7.34. The smallest absolute Gasteiger partial charge is 0.277 e. The summed E-state index contributed by atoms with van der Waals surface area (Å²) in [5.74, 6) is 3.11. The number of thiazole rings is 1. The molecule has 1 unspecified atom stereocenters. The van der Waals surface area contributed by atoms with Gasteiger partial charge in [0, 0.05) is 10.3 Å². The van der Waals surface area contributed by atoms with Gasteiger partial charge in [0.25, 0.3) is 5.22 Å². The van der Waals surface area contributed by atoms with Gasteiger partial charge in [0.1, 0.15) is 16.5 Å². The van der Waals surface area contributed by atoms with Gasteiger partial charge in [0.05, 0.1) is 28.3 Å². The first-order chi connectivity index (χ1) is 14.0. The zero-order chi connectivity index (χ0) is 20.0. The van der Waals surface area contributed by atoms with Crippen molar-refractivity contribution in [2.24, 2.45) is 5.92 Å². The summed E-state index contributed by atoms with van der Waals surface area (Å²) in [5, 5.41) is 12.8. The van der Waals surface area contributed by atoms with Crippen LogP contribution in [0.5, 0.6) is 0 Å². The second-order valence-corrected chi connectivity index (χ2v) is 10.4. The van der Waals surface area contributed by atoms with Crippen LogP contribution in [0.1, 0.15) is 46.2 Å². The Morgan fingerprint density at radius 1 is 1.28 bits per heavy atom. The molecule has 0 fully saturated rings. The van der Waals surface area contributed by atoms with E-state index in [-0.39, 0.29) is 0 Å². The maximum atomic E-state index is 6.31. The number of anilines is 1. The summed E-state index contributed by atoms with van der Waals surface area (Å²) in [6.45, 7) is 4.29. The average molecular weight is 445 g/mol. The third-order valence-electron chi connectivity index (χ3n) is 5.00. The van der Waals surface area contributed by atoms with Gasteiger partial charge in [-0.2, -0.15) is 0 Å². The second kappa shape index (κ2) is 7.66. The lowest BCUT2D eigenvalue weighted by atomic mass is 9.89. The number of thiophene rings is 1. The molecular weight excluding hydrogens is 424 g/mol. The van der Waals surface area contributed by atoms with Crippen molar-refractivity contribution in [2.45, 2.75) is 50.5 Å². The number of nitrogens with two attached hydrogens (primary N) is 1. The maximum absolute atomic E-state index is 6.31. The quantitative estimate of drug-likeness (QED) is 0.451. The Morgan fingerprint density at radius 2 is 2.17 bits per heavy atom. The molecule has 2 N–H and O–H groups in total. The van der Waals surface area contributed by atoms with E-state index in [4.69, 9.17) is 15.1 Å². The minimum atomic E-state index is 0.508. The molecule has 4 aromatic heterocycles. The van der Waals surface area contributed by atoms with Crippen molar-refractivity contribution in [3.05, 3.63) is 38.2 Å². The van der Waals surface area contributed by atoms with E-state index in [1.165, 1.54) is 28.6 Å². The molecule has 4 aromatic rings. The van der Waals surface area contributed by atoms with E-state index < -0.39 is 0 Å². The molecule has 0 saturated heterocycles. The average Bonchev–Trinajstić information content (AvgIpc) is 3.38. The molecule has 1 atom stereocenters. The van der Waals surface area contributed by atoms with Crippen LogP contribution < -0.4 is 5.73 Å². The predicted molar refractivity (Wildman–Crippen MR) is 117 cm³/mol. The zero-order valence-corrected chi connectivity index (χ0v) is 18.6. The van der Waals surface area contributed by atoms with Gasteiger partial charge in [-0.3, -0.25) is 0 Å². The van der Waals surface area contributed by atoms with Crippen molar-refractivity contribution in [2.75, 3.05) is 5.73 Å². The van der Waals surface area contributed by atoms with Crippen LogP contribution in [0, 0.1) is 12.8 Å². The van der Waals surface area contributed by atoms with Crippen molar-refractivity contribution in [3.63, 3.8) is 0 Å². The van der Waals surface area contributed by atoms with Gasteiger partial charge in [0.15, 0.2) is 0 Å². The minimum Gasteiger partial charge on any atom is -0.416 e. The van der Waals surface area contributed by atoms with E-state index in [0.29, 0.717) is 34.9 Å². The van der Waals surface area contributed by atoms with Crippen LogP contribution in [0.4, 0.5) is 5.82 Å². The number of hydrogen-bond donors (Lipinski definition) is 1. The Balaban J connectivity index is 1.31. The van der Waals surface area contributed by atoms with Crippen molar-refractivity contribution in [3.8, 4) is 0 Å². The van der Waals surface area contributed by atoms with Crippen molar-refractivity contribution in [1.82, 2.24) is 25.1 Å². The molecule has 1 aliphatic carbocycles. The van der Waals surface area contributed by atoms with Gasteiger partial charge >= 0.3 is 0 Å². The first-order valence-electron chi connectivity index (χ1n) is 9.48. The van der Waals surface area contributed by atoms with E-state index >= 15 is 0 Å². The van der Waals surface area contributed by atoms with Gasteiger partial charge in [-0.1, -0.05) is 18.7 Å². The standard InChI is InChI=1S/C19H20N6OS3/c1-9-3-4-12-13(5-9)29-18-16(12)17(20)22-14(23-18)8-28-19-25-24-15(26-19)6-11-7-27-10(2)21-11/h7,9H,3-6,8H2,1-2H3,(H2,20,22,23). The molecule has 0 aromatic carbocycles. The highest BCUT2D eigenvalue weighted by atomic mass is 32.2. The zero-order valence-electron chi connectivity index (χ0n) is 16.1. The summed E-state index contributed by atoms with van der Waals surface area (Å²) < 4.78 is 5.74. The van der Waals surface area contributed by atoms with Crippen molar-refractivity contribution < 1.29 is 4.42 Å². The molecule has 150 valence electrons. The number of nitrogens with zero attached hydrogens (tertiary/aromatic N) is 5. The molecule has 10 heteroatoms. The lowest BCUT2D eigenvalue weighted by Gasteiger charge is -2.17. The first-order valence-corrected chi connectivity index (χ1v) is 12.2. The fraction of sp³-hybridized carbons (Fsp3) is 0.421. The molecule has 7 nitrogen and oxygen atoms in total. The molecule has 0 spiro atoms. The largest absolute Gasteiger partial charge is 0.416 e. The highest BCUT2D eigenvalue weighted by Gasteiger charge is 2.23. The summed E-state index contributed by atoms with van der Waals surface area (Å²) in [4.78, 5) is 16.2. The summed E-state index contributed by atoms with van der Waals surface area (Å²) in [6.07, 6.45) is 3.94. The fourth-order valence-corrected chi connectivity index (χ4v) is 6.28. The molecule has 29 heavy (non-hydrogen) atoms. The predicted octanol–water partition coefficient (Wildman–Crippen LogP) is 4.43. The van der Waals surface area contributed by atoms with Crippen LogP contribution in [0.3, 0.4) is 0 Å². The van der Waals surface area contributed by atoms with Gasteiger partial charge in [-0.05, 0) is 37.7 Å². The molecule has 0 bridgehead atoms. The Bertz CT molecular complexity index is 1180. The summed E-state index contributed by atoms with van der Waals surface area (Å²) in [6, 6.07) is 0. The highest BCUT2D eigenvalue weighted by Crippen LogP contribution is 2.39. The number of thioether (sulfide) groups is 1. The van der Waals surface area contributed by atoms with E-state index in [1.807, 2.05) is 12.3 Å². The topological polar surface area (TPSA) is 104 Å². The number of nitrogen functional groups attached to an aromatic ring is 1. The normalized spacial score (nSPS) is 16.4. The van der Waals surface area contributed by atoms with Crippen molar-refractivity contribution >= 4 is 50.5 Å². The fourth-order valence-electron chi connectivity index (χ4n) is 3.62. The Kier molecular flexibility index (Phi) is 5.00. The lowest BCUT2D eigenvalue weighted by Crippen LogP contribution is -2.09. The van der Waals surface area contributed by atoms with Crippen LogP contribution in [0.2, 0.25) is 0 Å². The van der Waals surface area contributed by atoms with Crippen LogP contribution >= 0.6 is 34.4 Å². The Labute approximate surface area is 180 Å². The molecule has 0 amide bonds. The molecule has 0 radical (unpaired) electrons. The van der Waals surface area contributed by atoms with E-state index in [1.54, 1.807) is 22.7 Å². The van der Waals surface area contributed by atoms with Gasteiger partial charge in [-0.25, -0.2) is 15.0 Å². The first kappa shape index (κ1) is 19.0. The van der Waals surface area contributed by atoms with Crippen LogP contribution in [0.15, 0.2) is 15.0 Å². The van der Waals surface area contributed by atoms with Crippen LogP contribution in [-0.4, -0.2) is 25.1 Å². The molecule has 0 aliphatic heterocycles. The third kappa shape index (κ3) is 3.88. The SMILES string of the molecule is Cc1nc(Cc2nnc(SCc3nc(N)c4c5c(sc4n3)CC(C)CC5)o2)cs1. The number of fused-ring (bicyclic) bond motifs is 3. The number of hydrogen-bond acceptors (Lipinski definition) is 10. The van der Waals surface area contributed by atoms with Gasteiger partial charge in [0.2, 0.25) is 5.89 Å². The number of aromatic nitrogens is 5. The monoisotopic (exact) mass is 444 g/mol. The molecular formula is C19H20N6OS3. The van der Waals surface area contributed by atoms with Crippen LogP contribution in [0.25, 0.3) is 10.2 Å².